The summed E-state index contributed by atoms with van der Waals surface area (Å²) in [7, 11) is -3.97. The molecule has 1 aromatic carbocycles. The van der Waals surface area contributed by atoms with Crippen molar-refractivity contribution in [3.63, 3.8) is 0 Å². The van der Waals surface area contributed by atoms with Crippen LogP contribution in [0, 0.1) is 0 Å². The van der Waals surface area contributed by atoms with Crippen molar-refractivity contribution in [3.05, 3.63) is 29.8 Å². The van der Waals surface area contributed by atoms with Crippen molar-refractivity contribution >= 4 is 27.7 Å². The van der Waals surface area contributed by atoms with E-state index in [9.17, 15) is 22.8 Å². The molecule has 0 aromatic heterocycles. The Balaban J connectivity index is 1.52. The largest absolute Gasteiger partial charge is 0.354 e. The molecule has 1 saturated heterocycles. The molecule has 1 aromatic rings. The molecule has 1 N–H and O–H groups in total. The third-order valence-corrected chi connectivity index (χ3v) is 6.08. The maximum absolute atomic E-state index is 12.4. The quantitative estimate of drug-likeness (QED) is 0.713. The van der Waals surface area contributed by atoms with E-state index in [1.807, 2.05) is 0 Å². The van der Waals surface area contributed by atoms with Crippen molar-refractivity contribution in [1.29, 1.82) is 0 Å². The summed E-state index contributed by atoms with van der Waals surface area (Å²) < 4.78 is 25.3. The average Bonchev–Trinajstić information content (AvgIpc) is 3.07. The van der Waals surface area contributed by atoms with E-state index in [0.29, 0.717) is 30.2 Å². The fourth-order valence-corrected chi connectivity index (χ4v) is 4.54. The van der Waals surface area contributed by atoms with Crippen LogP contribution in [0.3, 0.4) is 0 Å². The normalized spacial score (nSPS) is 18.6. The number of nitrogens with one attached hydrogen (secondary N) is 1. The van der Waals surface area contributed by atoms with Crippen LogP contribution in [0.4, 0.5) is 0 Å². The van der Waals surface area contributed by atoms with Gasteiger partial charge in [0.25, 0.3) is 15.9 Å². The molecule has 0 saturated carbocycles. The minimum atomic E-state index is -3.97. The Bertz CT molecular complexity index is 821. The number of nitrogens with zero attached hydrogens (tertiary/aromatic N) is 2. The van der Waals surface area contributed by atoms with Crippen LogP contribution in [-0.2, 0) is 19.6 Å². The van der Waals surface area contributed by atoms with Crippen LogP contribution in [0.2, 0.25) is 0 Å². The number of hydrogen-bond acceptors (Lipinski definition) is 5. The summed E-state index contributed by atoms with van der Waals surface area (Å²) >= 11 is 0. The summed E-state index contributed by atoms with van der Waals surface area (Å²) in [5.74, 6) is -1.11. The molecule has 134 valence electrons. The molecule has 8 nitrogen and oxygen atoms in total. The molecule has 25 heavy (non-hydrogen) atoms. The highest BCUT2D eigenvalue weighted by molar-refractivity contribution is 7.90. The molecule has 2 aliphatic rings. The lowest BCUT2D eigenvalue weighted by atomic mass is 10.2. The Morgan fingerprint density at radius 3 is 2.64 bits per heavy atom. The van der Waals surface area contributed by atoms with Crippen LogP contribution in [0.1, 0.15) is 29.6 Å². The van der Waals surface area contributed by atoms with Gasteiger partial charge in [0, 0.05) is 26.1 Å². The first-order valence-corrected chi connectivity index (χ1v) is 9.56. The predicted octanol–water partition coefficient (Wildman–Crippen LogP) is -0.0402. The van der Waals surface area contributed by atoms with Gasteiger partial charge in [-0.2, -0.15) is 0 Å². The van der Waals surface area contributed by atoms with Gasteiger partial charge in [0.1, 0.15) is 11.4 Å². The van der Waals surface area contributed by atoms with Crippen LogP contribution in [0.25, 0.3) is 0 Å². The van der Waals surface area contributed by atoms with Gasteiger partial charge in [-0.3, -0.25) is 14.4 Å². The van der Waals surface area contributed by atoms with Crippen LogP contribution in [0.5, 0.6) is 0 Å². The number of hydrogen-bond donors (Lipinski definition) is 1. The Morgan fingerprint density at radius 2 is 1.96 bits per heavy atom. The molecule has 0 bridgehead atoms. The van der Waals surface area contributed by atoms with Crippen molar-refractivity contribution in [2.24, 2.45) is 0 Å². The second kappa shape index (κ2) is 6.83. The third-order valence-electron chi connectivity index (χ3n) is 4.30. The molecule has 0 spiro atoms. The molecular formula is C16H19N3O5S. The number of carbonyl (C=O) groups is 3. The molecule has 9 heteroatoms. The Morgan fingerprint density at radius 1 is 1.20 bits per heavy atom. The van der Waals surface area contributed by atoms with Crippen molar-refractivity contribution in [3.8, 4) is 0 Å². The highest BCUT2D eigenvalue weighted by atomic mass is 32.2. The van der Waals surface area contributed by atoms with Crippen molar-refractivity contribution in [1.82, 2.24) is 14.5 Å². The Labute approximate surface area is 145 Å². The predicted molar refractivity (Wildman–Crippen MR) is 88.1 cm³/mol. The standard InChI is InChI=1S/C16H19N3O5S/c20-14(17-8-4-10-18-9-3-7-15(18)21)11-19-16(22)12-5-1-2-6-13(12)25(19,23)24/h1-2,5-6H,3-4,7-11H2,(H,17,20). The van der Waals surface area contributed by atoms with E-state index in [4.69, 9.17) is 0 Å². The number of likely N-dealkylation sites (tertiary alicyclic amines) is 1. The van der Waals surface area contributed by atoms with Gasteiger partial charge < -0.3 is 10.2 Å². The first-order chi connectivity index (χ1) is 11.9. The van der Waals surface area contributed by atoms with E-state index in [0.717, 1.165) is 13.0 Å². The van der Waals surface area contributed by atoms with Crippen molar-refractivity contribution in [2.45, 2.75) is 24.2 Å². The lowest BCUT2D eigenvalue weighted by Crippen LogP contribution is -2.41. The summed E-state index contributed by atoms with van der Waals surface area (Å²) in [4.78, 5) is 37.4. The van der Waals surface area contributed by atoms with Gasteiger partial charge in [-0.05, 0) is 25.0 Å². The van der Waals surface area contributed by atoms with Crippen LogP contribution >= 0.6 is 0 Å². The van der Waals surface area contributed by atoms with E-state index >= 15 is 0 Å². The minimum Gasteiger partial charge on any atom is -0.354 e. The van der Waals surface area contributed by atoms with Gasteiger partial charge in [0.2, 0.25) is 11.8 Å². The fourth-order valence-electron chi connectivity index (χ4n) is 3.01. The first-order valence-electron chi connectivity index (χ1n) is 8.12. The molecule has 2 heterocycles. The van der Waals surface area contributed by atoms with Gasteiger partial charge in [-0.25, -0.2) is 12.7 Å². The monoisotopic (exact) mass is 365 g/mol. The lowest BCUT2D eigenvalue weighted by molar-refractivity contribution is -0.127. The number of fused-ring (bicyclic) bond motifs is 1. The zero-order valence-electron chi connectivity index (χ0n) is 13.6. The molecule has 1 fully saturated rings. The summed E-state index contributed by atoms with van der Waals surface area (Å²) in [6.45, 7) is 1.08. The van der Waals surface area contributed by atoms with Crippen LogP contribution in [0.15, 0.2) is 29.2 Å². The van der Waals surface area contributed by atoms with E-state index in [-0.39, 0.29) is 16.4 Å². The zero-order chi connectivity index (χ0) is 18.0. The molecule has 0 unspecified atom stereocenters. The van der Waals surface area contributed by atoms with Gasteiger partial charge in [0.05, 0.1) is 5.56 Å². The van der Waals surface area contributed by atoms with Crippen LogP contribution in [-0.4, -0.2) is 61.5 Å². The topological polar surface area (TPSA) is 104 Å². The lowest BCUT2D eigenvalue weighted by Gasteiger charge is -2.17. The fraction of sp³-hybridized carbons (Fsp3) is 0.438. The smallest absolute Gasteiger partial charge is 0.269 e. The van der Waals surface area contributed by atoms with Gasteiger partial charge >= 0.3 is 0 Å². The van der Waals surface area contributed by atoms with E-state index in [2.05, 4.69) is 5.32 Å². The maximum atomic E-state index is 12.4. The SMILES string of the molecule is O=C(CN1C(=O)c2ccccc2S1(=O)=O)NCCCN1CCCC1=O. The number of carbonyl (C=O) groups excluding carboxylic acids is 3. The number of sulfonamides is 1. The minimum absolute atomic E-state index is 0.0691. The Kier molecular flexibility index (Phi) is 4.76. The van der Waals surface area contributed by atoms with Gasteiger partial charge in [-0.15, -0.1) is 0 Å². The third kappa shape index (κ3) is 3.37. The number of amides is 3. The average molecular weight is 365 g/mol. The van der Waals surface area contributed by atoms with Crippen LogP contribution < -0.4 is 5.32 Å². The van der Waals surface area contributed by atoms with Crippen molar-refractivity contribution in [2.75, 3.05) is 26.2 Å². The summed E-state index contributed by atoms with van der Waals surface area (Å²) in [5, 5.41) is 2.60. The maximum Gasteiger partial charge on any atom is 0.269 e. The second-order valence-electron chi connectivity index (χ2n) is 6.00. The molecule has 3 rings (SSSR count). The van der Waals surface area contributed by atoms with E-state index in [1.54, 1.807) is 11.0 Å². The molecular weight excluding hydrogens is 346 g/mol. The molecule has 0 aliphatic carbocycles. The Hall–Kier alpha value is -2.42. The number of benzene rings is 1. The molecule has 0 atom stereocenters. The molecule has 2 aliphatic heterocycles. The van der Waals surface area contributed by atoms with Gasteiger partial charge in [0.15, 0.2) is 0 Å². The summed E-state index contributed by atoms with van der Waals surface area (Å²) in [6.07, 6.45) is 2.01. The van der Waals surface area contributed by atoms with Gasteiger partial charge in [-0.1, -0.05) is 12.1 Å². The number of rotatable bonds is 6. The highest BCUT2D eigenvalue weighted by Crippen LogP contribution is 2.29. The first kappa shape index (κ1) is 17.4. The van der Waals surface area contributed by atoms with E-state index in [1.165, 1.54) is 18.2 Å². The summed E-state index contributed by atoms with van der Waals surface area (Å²) in [6, 6.07) is 5.90. The highest BCUT2D eigenvalue weighted by Gasteiger charge is 2.41. The van der Waals surface area contributed by atoms with Crippen molar-refractivity contribution < 1.29 is 22.8 Å². The molecule has 0 radical (unpaired) electrons. The van der Waals surface area contributed by atoms with E-state index < -0.39 is 28.4 Å². The summed E-state index contributed by atoms with van der Waals surface area (Å²) in [5.41, 5.74) is 0.0860. The molecule has 3 amide bonds. The second-order valence-corrected chi connectivity index (χ2v) is 7.83. The zero-order valence-corrected chi connectivity index (χ0v) is 14.4.